The Balaban J connectivity index is 1.41. The van der Waals surface area contributed by atoms with Gasteiger partial charge in [0.1, 0.15) is 12.4 Å². The van der Waals surface area contributed by atoms with Crippen LogP contribution in [-0.2, 0) is 16.1 Å². The van der Waals surface area contributed by atoms with Crippen molar-refractivity contribution in [2.45, 2.75) is 13.0 Å². The van der Waals surface area contributed by atoms with Crippen LogP contribution in [0.3, 0.4) is 0 Å². The van der Waals surface area contributed by atoms with Crippen LogP contribution in [0, 0.1) is 5.92 Å². The molecule has 0 unspecified atom stereocenters. The highest BCUT2D eigenvalue weighted by molar-refractivity contribution is 5.89. The Morgan fingerprint density at radius 1 is 1.20 bits per heavy atom. The van der Waals surface area contributed by atoms with Gasteiger partial charge in [-0.05, 0) is 29.8 Å². The van der Waals surface area contributed by atoms with E-state index in [4.69, 9.17) is 4.74 Å². The third-order valence-corrected chi connectivity index (χ3v) is 4.12. The van der Waals surface area contributed by atoms with Crippen molar-refractivity contribution in [3.8, 4) is 5.75 Å². The van der Waals surface area contributed by atoms with Gasteiger partial charge in [-0.1, -0.05) is 18.2 Å². The average molecular weight is 339 g/mol. The van der Waals surface area contributed by atoms with E-state index in [9.17, 15) is 9.59 Å². The van der Waals surface area contributed by atoms with E-state index in [0.29, 0.717) is 26.2 Å². The van der Waals surface area contributed by atoms with Crippen LogP contribution in [0.25, 0.3) is 0 Å². The molecule has 1 aliphatic heterocycles. The minimum absolute atomic E-state index is 0.0116. The van der Waals surface area contributed by atoms with Gasteiger partial charge >= 0.3 is 0 Å². The molecule has 0 radical (unpaired) electrons. The van der Waals surface area contributed by atoms with E-state index < -0.39 is 0 Å². The number of hydrogen-bond donors (Lipinski definition) is 1. The number of ether oxygens (including phenoxy) is 1. The van der Waals surface area contributed by atoms with Crippen LogP contribution in [-0.4, -0.2) is 41.4 Å². The Bertz CT molecular complexity index is 706. The maximum atomic E-state index is 12.2. The lowest BCUT2D eigenvalue weighted by Crippen LogP contribution is -2.35. The van der Waals surface area contributed by atoms with Gasteiger partial charge in [0.2, 0.25) is 11.8 Å². The van der Waals surface area contributed by atoms with Crippen molar-refractivity contribution < 1.29 is 14.3 Å². The van der Waals surface area contributed by atoms with E-state index in [-0.39, 0.29) is 24.2 Å². The highest BCUT2D eigenvalue weighted by Gasteiger charge is 2.33. The minimum Gasteiger partial charge on any atom is -0.492 e. The smallest absolute Gasteiger partial charge is 0.225 e. The van der Waals surface area contributed by atoms with E-state index in [1.807, 2.05) is 42.5 Å². The number of amides is 2. The van der Waals surface area contributed by atoms with Gasteiger partial charge in [-0.15, -0.1) is 0 Å². The summed E-state index contributed by atoms with van der Waals surface area (Å²) in [5.74, 6) is 0.391. The number of aromatic nitrogens is 1. The summed E-state index contributed by atoms with van der Waals surface area (Å²) in [4.78, 5) is 30.0. The number of carbonyl (C=O) groups excluding carboxylic acids is 2. The van der Waals surface area contributed by atoms with Gasteiger partial charge < -0.3 is 15.0 Å². The monoisotopic (exact) mass is 339 g/mol. The Labute approximate surface area is 146 Å². The molecule has 1 aromatic heterocycles. The van der Waals surface area contributed by atoms with Gasteiger partial charge in [0.15, 0.2) is 0 Å². The Kier molecular flexibility index (Phi) is 5.61. The van der Waals surface area contributed by atoms with Crippen molar-refractivity contribution in [3.05, 3.63) is 60.4 Å². The lowest BCUT2D eigenvalue weighted by Gasteiger charge is -2.16. The fourth-order valence-corrected chi connectivity index (χ4v) is 2.81. The first-order chi connectivity index (χ1) is 12.2. The minimum atomic E-state index is -0.300. The molecule has 2 amide bonds. The molecule has 0 bridgehead atoms. The number of nitrogens with zero attached hydrogens (tertiary/aromatic N) is 2. The second kappa shape index (κ2) is 8.28. The molecule has 6 heteroatoms. The molecule has 6 nitrogen and oxygen atoms in total. The maximum absolute atomic E-state index is 12.2. The van der Waals surface area contributed by atoms with E-state index in [2.05, 4.69) is 10.3 Å². The number of benzene rings is 1. The van der Waals surface area contributed by atoms with Gasteiger partial charge in [0.05, 0.1) is 12.5 Å². The fraction of sp³-hybridized carbons (Fsp3) is 0.316. The van der Waals surface area contributed by atoms with Crippen LogP contribution < -0.4 is 10.1 Å². The number of likely N-dealkylation sites (tertiary alicyclic amines) is 1. The van der Waals surface area contributed by atoms with Crippen LogP contribution >= 0.6 is 0 Å². The molecular formula is C19H21N3O3. The standard InChI is InChI=1S/C19H21N3O3/c23-18-12-16(14-22(18)13-15-6-8-20-9-7-15)19(24)21-10-11-25-17-4-2-1-3-5-17/h1-9,16H,10-14H2,(H,21,24)/t16-/m0/s1. The largest absolute Gasteiger partial charge is 0.492 e. The van der Waals surface area contributed by atoms with Crippen molar-refractivity contribution in [3.63, 3.8) is 0 Å². The zero-order valence-electron chi connectivity index (χ0n) is 13.9. The third-order valence-electron chi connectivity index (χ3n) is 4.12. The average Bonchev–Trinajstić information content (AvgIpc) is 3.01. The number of carbonyl (C=O) groups is 2. The van der Waals surface area contributed by atoms with Crippen molar-refractivity contribution in [2.75, 3.05) is 19.7 Å². The zero-order valence-corrected chi connectivity index (χ0v) is 13.9. The fourth-order valence-electron chi connectivity index (χ4n) is 2.81. The molecule has 25 heavy (non-hydrogen) atoms. The predicted octanol–water partition coefficient (Wildman–Crippen LogP) is 1.63. The second-order valence-electron chi connectivity index (χ2n) is 5.98. The predicted molar refractivity (Wildman–Crippen MR) is 92.7 cm³/mol. The number of nitrogens with one attached hydrogen (secondary N) is 1. The lowest BCUT2D eigenvalue weighted by atomic mass is 10.1. The SMILES string of the molecule is O=C(NCCOc1ccccc1)[C@H]1CC(=O)N(Cc2ccncc2)C1. The molecule has 0 spiro atoms. The molecule has 0 aliphatic carbocycles. The summed E-state index contributed by atoms with van der Waals surface area (Å²) >= 11 is 0. The highest BCUT2D eigenvalue weighted by atomic mass is 16.5. The molecule has 1 atom stereocenters. The number of pyridine rings is 1. The first-order valence-electron chi connectivity index (χ1n) is 8.34. The molecule has 1 aromatic carbocycles. The van der Waals surface area contributed by atoms with Gasteiger partial charge in [-0.3, -0.25) is 14.6 Å². The van der Waals surface area contributed by atoms with E-state index in [1.54, 1.807) is 17.3 Å². The van der Waals surface area contributed by atoms with Gasteiger partial charge in [0.25, 0.3) is 0 Å². The summed E-state index contributed by atoms with van der Waals surface area (Å²) in [5.41, 5.74) is 1.01. The topological polar surface area (TPSA) is 71.5 Å². The Morgan fingerprint density at radius 2 is 1.96 bits per heavy atom. The van der Waals surface area contributed by atoms with Gasteiger partial charge in [-0.25, -0.2) is 0 Å². The quantitative estimate of drug-likeness (QED) is 0.778. The Morgan fingerprint density at radius 3 is 2.72 bits per heavy atom. The number of rotatable bonds is 7. The van der Waals surface area contributed by atoms with Crippen LogP contribution in [0.4, 0.5) is 0 Å². The van der Waals surface area contributed by atoms with Crippen LogP contribution in [0.1, 0.15) is 12.0 Å². The molecule has 1 fully saturated rings. The van der Waals surface area contributed by atoms with Crippen LogP contribution in [0.15, 0.2) is 54.9 Å². The first kappa shape index (κ1) is 17.0. The third kappa shape index (κ3) is 4.79. The molecule has 3 rings (SSSR count). The van der Waals surface area contributed by atoms with Gasteiger partial charge in [-0.2, -0.15) is 0 Å². The summed E-state index contributed by atoms with van der Waals surface area (Å²) in [6.07, 6.45) is 3.66. The molecule has 1 N–H and O–H groups in total. The van der Waals surface area contributed by atoms with Crippen molar-refractivity contribution in [1.82, 2.24) is 15.2 Å². The second-order valence-corrected chi connectivity index (χ2v) is 5.98. The molecule has 1 saturated heterocycles. The summed E-state index contributed by atoms with van der Waals surface area (Å²) in [5, 5.41) is 2.85. The number of hydrogen-bond acceptors (Lipinski definition) is 4. The molecular weight excluding hydrogens is 318 g/mol. The van der Waals surface area contributed by atoms with E-state index in [1.165, 1.54) is 0 Å². The highest BCUT2D eigenvalue weighted by Crippen LogP contribution is 2.20. The molecule has 2 aromatic rings. The van der Waals surface area contributed by atoms with Crippen molar-refractivity contribution >= 4 is 11.8 Å². The first-order valence-corrected chi connectivity index (χ1v) is 8.34. The van der Waals surface area contributed by atoms with Crippen molar-refractivity contribution in [2.24, 2.45) is 5.92 Å². The van der Waals surface area contributed by atoms with Crippen LogP contribution in [0.2, 0.25) is 0 Å². The summed E-state index contributed by atoms with van der Waals surface area (Å²) in [7, 11) is 0. The molecule has 130 valence electrons. The lowest BCUT2D eigenvalue weighted by molar-refractivity contribution is -0.129. The van der Waals surface area contributed by atoms with Crippen LogP contribution in [0.5, 0.6) is 5.75 Å². The van der Waals surface area contributed by atoms with Crippen molar-refractivity contribution in [1.29, 1.82) is 0 Å². The van der Waals surface area contributed by atoms with Gasteiger partial charge in [0, 0.05) is 31.9 Å². The summed E-state index contributed by atoms with van der Waals surface area (Å²) in [6, 6.07) is 13.2. The van der Waals surface area contributed by atoms with E-state index >= 15 is 0 Å². The zero-order chi connectivity index (χ0) is 17.5. The molecule has 0 saturated carbocycles. The molecule has 2 heterocycles. The summed E-state index contributed by atoms with van der Waals surface area (Å²) in [6.45, 7) is 1.79. The van der Waals surface area contributed by atoms with E-state index in [0.717, 1.165) is 11.3 Å². The Hall–Kier alpha value is -2.89. The number of para-hydroxylation sites is 1. The summed E-state index contributed by atoms with van der Waals surface area (Å²) < 4.78 is 5.54. The normalized spacial score (nSPS) is 16.7. The molecule has 1 aliphatic rings. The maximum Gasteiger partial charge on any atom is 0.225 e.